The molecule has 6 nitrogen and oxygen atoms in total. The highest BCUT2D eigenvalue weighted by atomic mass is 32.1. The van der Waals surface area contributed by atoms with Crippen molar-refractivity contribution in [3.8, 4) is 16.6 Å². The number of carbonyl (C=O) groups is 2. The summed E-state index contributed by atoms with van der Waals surface area (Å²) in [6.07, 6.45) is 0.00268. The molecule has 0 unspecified atom stereocenters. The summed E-state index contributed by atoms with van der Waals surface area (Å²) in [5.41, 5.74) is 2.36. The second-order valence-electron chi connectivity index (χ2n) is 5.20. The van der Waals surface area contributed by atoms with Gasteiger partial charge in [0, 0.05) is 16.3 Å². The molecule has 0 saturated carbocycles. The van der Waals surface area contributed by atoms with E-state index in [1.54, 1.807) is 41.0 Å². The number of ether oxygens (including phenoxy) is 1. The van der Waals surface area contributed by atoms with Crippen LogP contribution < -0.4 is 5.32 Å². The summed E-state index contributed by atoms with van der Waals surface area (Å²) in [6.45, 7) is -0.417. The summed E-state index contributed by atoms with van der Waals surface area (Å²) in [6, 6.07) is 10.6. The molecule has 0 atom stereocenters. The average molecular weight is 383 g/mol. The summed E-state index contributed by atoms with van der Waals surface area (Å²) in [4.78, 5) is 28.2. The number of hydrogen-bond donors (Lipinski definition) is 1. The average Bonchev–Trinajstić information content (AvgIpc) is 3.32. The lowest BCUT2D eigenvalue weighted by molar-refractivity contribution is -0.146. The Morgan fingerprint density at radius 1 is 1.23 bits per heavy atom. The van der Waals surface area contributed by atoms with Crippen molar-refractivity contribution in [1.29, 1.82) is 5.26 Å². The zero-order chi connectivity index (χ0) is 18.4. The molecule has 0 fully saturated rings. The van der Waals surface area contributed by atoms with Gasteiger partial charge in [-0.2, -0.15) is 16.6 Å². The van der Waals surface area contributed by atoms with Crippen molar-refractivity contribution >= 4 is 40.2 Å². The molecule has 130 valence electrons. The minimum atomic E-state index is -0.532. The zero-order valence-electron chi connectivity index (χ0n) is 13.5. The van der Waals surface area contributed by atoms with E-state index in [9.17, 15) is 9.59 Å². The van der Waals surface area contributed by atoms with Gasteiger partial charge in [-0.1, -0.05) is 12.1 Å². The topological polar surface area (TPSA) is 92.1 Å². The van der Waals surface area contributed by atoms with Gasteiger partial charge in [0.2, 0.25) is 0 Å². The van der Waals surface area contributed by atoms with E-state index >= 15 is 0 Å². The van der Waals surface area contributed by atoms with Crippen molar-refractivity contribution in [3.63, 3.8) is 0 Å². The third-order valence-electron chi connectivity index (χ3n) is 3.33. The number of nitrogens with one attached hydrogen (secondary N) is 1. The van der Waals surface area contributed by atoms with Crippen LogP contribution in [0.25, 0.3) is 10.6 Å². The molecule has 3 rings (SSSR count). The highest BCUT2D eigenvalue weighted by Crippen LogP contribution is 2.25. The van der Waals surface area contributed by atoms with Gasteiger partial charge in [-0.3, -0.25) is 9.59 Å². The summed E-state index contributed by atoms with van der Waals surface area (Å²) in [7, 11) is 0. The van der Waals surface area contributed by atoms with Crippen LogP contribution in [0.1, 0.15) is 11.3 Å². The van der Waals surface area contributed by atoms with Crippen LogP contribution in [-0.4, -0.2) is 23.5 Å². The van der Waals surface area contributed by atoms with Crippen molar-refractivity contribution in [2.75, 3.05) is 11.9 Å². The number of para-hydroxylation sites is 1. The minimum absolute atomic E-state index is 0.00268. The lowest BCUT2D eigenvalue weighted by Gasteiger charge is -2.07. The van der Waals surface area contributed by atoms with Gasteiger partial charge >= 0.3 is 5.97 Å². The van der Waals surface area contributed by atoms with Crippen LogP contribution in [0.3, 0.4) is 0 Å². The van der Waals surface area contributed by atoms with Crippen LogP contribution >= 0.6 is 22.7 Å². The molecule has 0 spiro atoms. The normalized spacial score (nSPS) is 10.1. The second kappa shape index (κ2) is 8.38. The third-order valence-corrected chi connectivity index (χ3v) is 4.95. The first-order valence-corrected chi connectivity index (χ1v) is 9.39. The zero-order valence-corrected chi connectivity index (χ0v) is 15.1. The standard InChI is InChI=1S/C18H13N3O3S2/c19-8-12-3-1-2-4-15(12)21-16(22)9-24-17(23)7-14-11-26-18(20-14)13-5-6-25-10-13/h1-6,10-11H,7,9H2,(H,21,22). The fourth-order valence-corrected chi connectivity index (χ4v) is 3.66. The van der Waals surface area contributed by atoms with Crippen molar-refractivity contribution in [3.05, 3.63) is 57.7 Å². The van der Waals surface area contributed by atoms with E-state index in [-0.39, 0.29) is 6.42 Å². The Balaban J connectivity index is 1.50. The number of anilines is 1. The maximum Gasteiger partial charge on any atom is 0.312 e. The minimum Gasteiger partial charge on any atom is -0.455 e. The highest BCUT2D eigenvalue weighted by Gasteiger charge is 2.13. The van der Waals surface area contributed by atoms with E-state index in [4.69, 9.17) is 10.00 Å². The van der Waals surface area contributed by atoms with Gasteiger partial charge in [0.25, 0.3) is 5.91 Å². The number of hydrogen-bond acceptors (Lipinski definition) is 7. The molecule has 1 aromatic carbocycles. The number of nitrogens with zero attached hydrogens (tertiary/aromatic N) is 2. The number of esters is 1. The first-order chi connectivity index (χ1) is 12.7. The Morgan fingerprint density at radius 3 is 2.85 bits per heavy atom. The molecule has 26 heavy (non-hydrogen) atoms. The first kappa shape index (κ1) is 17.8. The summed E-state index contributed by atoms with van der Waals surface area (Å²) in [5.74, 6) is -1.03. The van der Waals surface area contributed by atoms with Crippen molar-refractivity contribution < 1.29 is 14.3 Å². The van der Waals surface area contributed by atoms with E-state index in [0.29, 0.717) is 16.9 Å². The molecule has 2 heterocycles. The molecule has 0 bridgehead atoms. The number of nitriles is 1. The van der Waals surface area contributed by atoms with E-state index in [1.165, 1.54) is 11.3 Å². The highest BCUT2D eigenvalue weighted by molar-refractivity contribution is 7.14. The summed E-state index contributed by atoms with van der Waals surface area (Å²) < 4.78 is 4.99. The SMILES string of the molecule is N#Cc1ccccc1NC(=O)COC(=O)Cc1csc(-c2ccsc2)n1. The molecule has 0 aliphatic carbocycles. The largest absolute Gasteiger partial charge is 0.455 e. The molecular weight excluding hydrogens is 370 g/mol. The van der Waals surface area contributed by atoms with E-state index in [2.05, 4.69) is 10.3 Å². The van der Waals surface area contributed by atoms with Crippen molar-refractivity contribution in [1.82, 2.24) is 4.98 Å². The molecule has 0 aliphatic heterocycles. The van der Waals surface area contributed by atoms with Gasteiger partial charge < -0.3 is 10.1 Å². The Labute approximate surface area is 157 Å². The fourth-order valence-electron chi connectivity index (χ4n) is 2.13. The Hall–Kier alpha value is -3.02. The summed E-state index contributed by atoms with van der Waals surface area (Å²) in [5, 5.41) is 18.2. The van der Waals surface area contributed by atoms with Gasteiger partial charge in [-0.25, -0.2) is 4.98 Å². The number of rotatable bonds is 6. The number of thiophene rings is 1. The van der Waals surface area contributed by atoms with Crippen LogP contribution in [-0.2, 0) is 20.7 Å². The van der Waals surface area contributed by atoms with Gasteiger partial charge in [0.05, 0.1) is 23.4 Å². The third kappa shape index (κ3) is 4.53. The van der Waals surface area contributed by atoms with Gasteiger partial charge in [-0.05, 0) is 23.6 Å². The lowest BCUT2D eigenvalue weighted by atomic mass is 10.2. The van der Waals surface area contributed by atoms with Gasteiger partial charge in [0.15, 0.2) is 6.61 Å². The van der Waals surface area contributed by atoms with Crippen LogP contribution in [0.2, 0.25) is 0 Å². The predicted molar refractivity (Wildman–Crippen MR) is 99.9 cm³/mol. The van der Waals surface area contributed by atoms with Crippen molar-refractivity contribution in [2.45, 2.75) is 6.42 Å². The molecule has 3 aromatic rings. The monoisotopic (exact) mass is 383 g/mol. The van der Waals surface area contributed by atoms with Crippen LogP contribution in [0.15, 0.2) is 46.5 Å². The smallest absolute Gasteiger partial charge is 0.312 e. The molecule has 2 aromatic heterocycles. The number of amides is 1. The van der Waals surface area contributed by atoms with Gasteiger partial charge in [0.1, 0.15) is 11.1 Å². The number of thiazole rings is 1. The molecule has 0 aliphatic rings. The molecule has 1 amide bonds. The van der Waals surface area contributed by atoms with Crippen molar-refractivity contribution in [2.24, 2.45) is 0 Å². The van der Waals surface area contributed by atoms with Crippen LogP contribution in [0.4, 0.5) is 5.69 Å². The van der Waals surface area contributed by atoms with Crippen LogP contribution in [0.5, 0.6) is 0 Å². The number of benzene rings is 1. The Kier molecular flexibility index (Phi) is 5.73. The molecule has 0 radical (unpaired) electrons. The maximum absolute atomic E-state index is 11.9. The fraction of sp³-hybridized carbons (Fsp3) is 0.111. The Morgan fingerprint density at radius 2 is 2.08 bits per heavy atom. The molecular formula is C18H13N3O3S2. The van der Waals surface area contributed by atoms with Crippen LogP contribution in [0, 0.1) is 11.3 Å². The summed E-state index contributed by atoms with van der Waals surface area (Å²) >= 11 is 3.04. The van der Waals surface area contributed by atoms with E-state index < -0.39 is 18.5 Å². The molecule has 8 heteroatoms. The maximum atomic E-state index is 11.9. The first-order valence-electron chi connectivity index (χ1n) is 7.57. The van der Waals surface area contributed by atoms with E-state index in [0.717, 1.165) is 10.6 Å². The number of aromatic nitrogens is 1. The molecule has 1 N–H and O–H groups in total. The van der Waals surface area contributed by atoms with E-state index in [1.807, 2.05) is 22.9 Å². The quantitative estimate of drug-likeness (QED) is 0.658. The molecule has 0 saturated heterocycles. The second-order valence-corrected chi connectivity index (χ2v) is 6.84. The predicted octanol–water partition coefficient (Wildman–Crippen LogP) is 3.47. The van der Waals surface area contributed by atoms with Gasteiger partial charge in [-0.15, -0.1) is 11.3 Å². The lowest BCUT2D eigenvalue weighted by Crippen LogP contribution is -2.22. The number of carbonyl (C=O) groups excluding carboxylic acids is 2. The Bertz CT molecular complexity index is 958.